The van der Waals surface area contributed by atoms with E-state index in [9.17, 15) is 0 Å². The van der Waals surface area contributed by atoms with Crippen LogP contribution < -0.4 is 10.6 Å². The molecule has 2 nitrogen and oxygen atoms in total. The van der Waals surface area contributed by atoms with Crippen molar-refractivity contribution in [2.45, 2.75) is 13.3 Å². The van der Waals surface area contributed by atoms with Crippen LogP contribution in [0.5, 0.6) is 0 Å². The van der Waals surface area contributed by atoms with E-state index in [2.05, 4.69) is 29.7 Å². The van der Waals surface area contributed by atoms with Gasteiger partial charge in [-0.05, 0) is 39.1 Å². The highest BCUT2D eigenvalue weighted by Crippen LogP contribution is 2.20. The highest BCUT2D eigenvalue weighted by molar-refractivity contribution is 7.16. The van der Waals surface area contributed by atoms with Crippen LogP contribution in [-0.4, -0.2) is 20.1 Å². The lowest BCUT2D eigenvalue weighted by Gasteiger charge is -2.01. The molecule has 2 N–H and O–H groups in total. The van der Waals surface area contributed by atoms with Gasteiger partial charge in [0.15, 0.2) is 0 Å². The maximum atomic E-state index is 3.38. The molecular formula is C9H16N2S. The third-order valence-electron chi connectivity index (χ3n) is 1.64. The predicted octanol–water partition coefficient (Wildman–Crippen LogP) is 2.08. The van der Waals surface area contributed by atoms with Gasteiger partial charge in [-0.15, -0.1) is 11.3 Å². The van der Waals surface area contributed by atoms with Gasteiger partial charge < -0.3 is 10.6 Å². The quantitative estimate of drug-likeness (QED) is 0.685. The van der Waals surface area contributed by atoms with E-state index < -0.39 is 0 Å². The summed E-state index contributed by atoms with van der Waals surface area (Å²) < 4.78 is 0. The highest BCUT2D eigenvalue weighted by atomic mass is 32.1. The van der Waals surface area contributed by atoms with Crippen LogP contribution in [0.4, 0.5) is 5.00 Å². The van der Waals surface area contributed by atoms with Gasteiger partial charge >= 0.3 is 0 Å². The first-order valence-corrected chi connectivity index (χ1v) is 5.09. The Morgan fingerprint density at radius 1 is 1.33 bits per heavy atom. The largest absolute Gasteiger partial charge is 0.377 e. The van der Waals surface area contributed by atoms with Gasteiger partial charge in [-0.2, -0.15) is 0 Å². The minimum absolute atomic E-state index is 1.06. The minimum atomic E-state index is 1.06. The number of hydrogen-bond donors (Lipinski definition) is 2. The second-order valence-electron chi connectivity index (χ2n) is 2.79. The topological polar surface area (TPSA) is 24.1 Å². The molecule has 12 heavy (non-hydrogen) atoms. The van der Waals surface area contributed by atoms with Crippen molar-refractivity contribution in [1.29, 1.82) is 0 Å². The van der Waals surface area contributed by atoms with Crippen LogP contribution in [0.3, 0.4) is 0 Å². The van der Waals surface area contributed by atoms with Crippen LogP contribution >= 0.6 is 11.3 Å². The molecule has 0 fully saturated rings. The van der Waals surface area contributed by atoms with Crippen molar-refractivity contribution in [2.24, 2.45) is 0 Å². The van der Waals surface area contributed by atoms with E-state index in [4.69, 9.17) is 0 Å². The normalized spacial score (nSPS) is 10.2. The Morgan fingerprint density at radius 3 is 2.75 bits per heavy atom. The van der Waals surface area contributed by atoms with Gasteiger partial charge in [0.05, 0.1) is 5.00 Å². The molecule has 0 saturated heterocycles. The number of aryl methyl sites for hydroxylation is 1. The molecule has 0 atom stereocenters. The molecule has 0 saturated carbocycles. The molecule has 1 aromatic rings. The Morgan fingerprint density at radius 2 is 2.17 bits per heavy atom. The first kappa shape index (κ1) is 9.55. The van der Waals surface area contributed by atoms with Crippen LogP contribution in [-0.2, 0) is 0 Å². The number of anilines is 1. The summed E-state index contributed by atoms with van der Waals surface area (Å²) in [6, 6.07) is 4.28. The zero-order chi connectivity index (χ0) is 8.81. The average Bonchev–Trinajstić information content (AvgIpc) is 2.45. The van der Waals surface area contributed by atoms with E-state index in [-0.39, 0.29) is 0 Å². The summed E-state index contributed by atoms with van der Waals surface area (Å²) in [5.74, 6) is 0. The van der Waals surface area contributed by atoms with E-state index in [1.54, 1.807) is 0 Å². The molecule has 1 rings (SSSR count). The second kappa shape index (κ2) is 5.17. The lowest BCUT2D eigenvalue weighted by Crippen LogP contribution is -2.12. The molecule has 0 aliphatic carbocycles. The Bertz CT molecular complexity index is 220. The van der Waals surface area contributed by atoms with Crippen molar-refractivity contribution in [3.63, 3.8) is 0 Å². The lowest BCUT2D eigenvalue weighted by atomic mass is 10.4. The van der Waals surface area contributed by atoms with Gasteiger partial charge in [0.1, 0.15) is 0 Å². The lowest BCUT2D eigenvalue weighted by molar-refractivity contribution is 0.749. The molecule has 0 radical (unpaired) electrons. The molecule has 0 bridgehead atoms. The zero-order valence-electron chi connectivity index (χ0n) is 7.68. The van der Waals surface area contributed by atoms with Crippen molar-refractivity contribution >= 4 is 16.3 Å². The van der Waals surface area contributed by atoms with E-state index in [0.29, 0.717) is 0 Å². The molecule has 0 aromatic carbocycles. The Hall–Kier alpha value is -0.540. The third kappa shape index (κ3) is 3.24. The Balaban J connectivity index is 2.15. The van der Waals surface area contributed by atoms with E-state index in [0.717, 1.165) is 13.1 Å². The SMILES string of the molecule is CNCCCNc1ccc(C)s1. The summed E-state index contributed by atoms with van der Waals surface area (Å²) in [5.41, 5.74) is 0. The van der Waals surface area contributed by atoms with E-state index in [1.807, 2.05) is 18.4 Å². The monoisotopic (exact) mass is 184 g/mol. The van der Waals surface area contributed by atoms with Crippen molar-refractivity contribution < 1.29 is 0 Å². The summed E-state index contributed by atoms with van der Waals surface area (Å²) in [4.78, 5) is 1.37. The summed E-state index contributed by atoms with van der Waals surface area (Å²) >= 11 is 1.81. The Labute approximate surface area is 78.0 Å². The van der Waals surface area contributed by atoms with Crippen molar-refractivity contribution in [1.82, 2.24) is 5.32 Å². The molecular weight excluding hydrogens is 168 g/mol. The standard InChI is InChI=1S/C9H16N2S/c1-8-4-5-9(12-8)11-7-3-6-10-2/h4-5,10-11H,3,6-7H2,1-2H3. The van der Waals surface area contributed by atoms with Crippen LogP contribution in [0.15, 0.2) is 12.1 Å². The molecule has 0 aliphatic rings. The maximum absolute atomic E-state index is 3.38. The number of thiophene rings is 1. The molecule has 0 spiro atoms. The molecule has 68 valence electrons. The molecule has 0 amide bonds. The molecule has 1 aromatic heterocycles. The van der Waals surface area contributed by atoms with Gasteiger partial charge in [0.2, 0.25) is 0 Å². The summed E-state index contributed by atoms with van der Waals surface area (Å²) in [6.07, 6.45) is 1.17. The van der Waals surface area contributed by atoms with Gasteiger partial charge in [-0.3, -0.25) is 0 Å². The fourth-order valence-electron chi connectivity index (χ4n) is 1.01. The first-order chi connectivity index (χ1) is 5.83. The van der Waals surface area contributed by atoms with Crippen LogP contribution in [0, 0.1) is 6.92 Å². The fraction of sp³-hybridized carbons (Fsp3) is 0.556. The summed E-state index contributed by atoms with van der Waals surface area (Å²) in [5, 5.41) is 7.78. The summed E-state index contributed by atoms with van der Waals surface area (Å²) in [6.45, 7) is 4.27. The zero-order valence-corrected chi connectivity index (χ0v) is 8.50. The maximum Gasteiger partial charge on any atom is 0.0885 e. The smallest absolute Gasteiger partial charge is 0.0885 e. The summed E-state index contributed by atoms with van der Waals surface area (Å²) in [7, 11) is 1.98. The third-order valence-corrected chi connectivity index (χ3v) is 2.60. The predicted molar refractivity (Wildman–Crippen MR) is 56.1 cm³/mol. The van der Waals surface area contributed by atoms with Crippen molar-refractivity contribution in [3.05, 3.63) is 17.0 Å². The van der Waals surface area contributed by atoms with Gasteiger partial charge in [-0.25, -0.2) is 0 Å². The molecule has 0 aliphatic heterocycles. The molecule has 1 heterocycles. The van der Waals surface area contributed by atoms with Crippen molar-refractivity contribution in [2.75, 3.05) is 25.5 Å². The minimum Gasteiger partial charge on any atom is -0.377 e. The molecule has 0 unspecified atom stereocenters. The number of hydrogen-bond acceptors (Lipinski definition) is 3. The highest BCUT2D eigenvalue weighted by Gasteiger charge is 1.93. The Kier molecular flexibility index (Phi) is 4.11. The molecule has 3 heteroatoms. The van der Waals surface area contributed by atoms with Gasteiger partial charge in [-0.1, -0.05) is 0 Å². The van der Waals surface area contributed by atoms with Crippen LogP contribution in [0.25, 0.3) is 0 Å². The fourth-order valence-corrected chi connectivity index (χ4v) is 1.80. The van der Waals surface area contributed by atoms with Gasteiger partial charge in [0.25, 0.3) is 0 Å². The second-order valence-corrected chi connectivity index (χ2v) is 4.08. The van der Waals surface area contributed by atoms with E-state index in [1.165, 1.54) is 16.3 Å². The van der Waals surface area contributed by atoms with Gasteiger partial charge in [0, 0.05) is 11.4 Å². The van der Waals surface area contributed by atoms with Crippen LogP contribution in [0.2, 0.25) is 0 Å². The van der Waals surface area contributed by atoms with Crippen LogP contribution in [0.1, 0.15) is 11.3 Å². The number of nitrogens with one attached hydrogen (secondary N) is 2. The van der Waals surface area contributed by atoms with Crippen molar-refractivity contribution in [3.8, 4) is 0 Å². The average molecular weight is 184 g/mol. The first-order valence-electron chi connectivity index (χ1n) is 4.28. The van der Waals surface area contributed by atoms with E-state index >= 15 is 0 Å². The number of rotatable bonds is 5.